The van der Waals surface area contributed by atoms with E-state index in [0.29, 0.717) is 18.4 Å². The normalized spacial score (nSPS) is 21.4. The van der Waals surface area contributed by atoms with Crippen LogP contribution in [0.4, 0.5) is 0 Å². The minimum Gasteiger partial charge on any atom is -0.472 e. The van der Waals surface area contributed by atoms with Crippen molar-refractivity contribution in [3.05, 3.63) is 60.1 Å². The molecule has 2 fully saturated rings. The molecular weight excluding hydrogens is 362 g/mol. The van der Waals surface area contributed by atoms with Crippen molar-refractivity contribution in [3.8, 4) is 0 Å². The van der Waals surface area contributed by atoms with E-state index in [2.05, 4.69) is 45.4 Å². The van der Waals surface area contributed by atoms with E-state index in [1.54, 1.807) is 6.26 Å². The SMILES string of the molecule is O=C(CCC1CCN(Cc2ccoc2)CC1)NC1CCN(Cc2ccccc2)C1. The molecule has 5 heteroatoms. The fraction of sp³-hybridized carbons (Fsp3) is 0.542. The van der Waals surface area contributed by atoms with E-state index in [1.165, 1.54) is 24.0 Å². The Morgan fingerprint density at radius 2 is 1.72 bits per heavy atom. The van der Waals surface area contributed by atoms with Crippen molar-refractivity contribution in [2.75, 3.05) is 26.2 Å². The molecule has 1 amide bonds. The second-order valence-electron chi connectivity index (χ2n) is 8.66. The predicted molar refractivity (Wildman–Crippen MR) is 114 cm³/mol. The van der Waals surface area contributed by atoms with Crippen molar-refractivity contribution in [1.29, 1.82) is 0 Å². The summed E-state index contributed by atoms with van der Waals surface area (Å²) in [4.78, 5) is 17.4. The number of carbonyl (C=O) groups excluding carboxylic acids is 1. The lowest BCUT2D eigenvalue weighted by molar-refractivity contribution is -0.122. The van der Waals surface area contributed by atoms with Crippen molar-refractivity contribution in [3.63, 3.8) is 0 Å². The van der Waals surface area contributed by atoms with E-state index in [1.807, 2.05) is 12.3 Å². The van der Waals surface area contributed by atoms with Gasteiger partial charge in [0.05, 0.1) is 12.5 Å². The van der Waals surface area contributed by atoms with Gasteiger partial charge in [0.25, 0.3) is 0 Å². The van der Waals surface area contributed by atoms with Crippen LogP contribution in [-0.4, -0.2) is 47.9 Å². The number of hydrogen-bond donors (Lipinski definition) is 1. The molecule has 0 radical (unpaired) electrons. The standard InChI is InChI=1S/C24H33N3O2/c28-24(25-23-10-14-27(18-23)16-21-4-2-1-3-5-21)7-6-20-8-12-26(13-9-20)17-22-11-15-29-19-22/h1-5,11,15,19-20,23H,6-10,12-14,16-18H2,(H,25,28). The summed E-state index contributed by atoms with van der Waals surface area (Å²) < 4.78 is 5.16. The largest absolute Gasteiger partial charge is 0.472 e. The first-order valence-electron chi connectivity index (χ1n) is 11.0. The molecule has 1 aromatic heterocycles. The number of furan rings is 1. The fourth-order valence-corrected chi connectivity index (χ4v) is 4.64. The second kappa shape index (κ2) is 10.1. The Kier molecular flexibility index (Phi) is 7.01. The summed E-state index contributed by atoms with van der Waals surface area (Å²) in [7, 11) is 0. The number of likely N-dealkylation sites (tertiary alicyclic amines) is 2. The van der Waals surface area contributed by atoms with Crippen molar-refractivity contribution >= 4 is 5.91 Å². The molecule has 0 aliphatic carbocycles. The number of nitrogens with one attached hydrogen (secondary N) is 1. The van der Waals surface area contributed by atoms with Gasteiger partial charge in [-0.1, -0.05) is 30.3 Å². The van der Waals surface area contributed by atoms with Crippen LogP contribution in [0, 0.1) is 5.92 Å². The van der Waals surface area contributed by atoms with Gasteiger partial charge in [-0.15, -0.1) is 0 Å². The highest BCUT2D eigenvalue weighted by atomic mass is 16.3. The van der Waals surface area contributed by atoms with E-state index >= 15 is 0 Å². The molecule has 1 N–H and O–H groups in total. The summed E-state index contributed by atoms with van der Waals surface area (Å²) >= 11 is 0. The number of benzene rings is 1. The molecule has 1 unspecified atom stereocenters. The first-order chi connectivity index (χ1) is 14.2. The number of nitrogens with zero attached hydrogens (tertiary/aromatic N) is 2. The van der Waals surface area contributed by atoms with Crippen LogP contribution in [0.25, 0.3) is 0 Å². The molecule has 2 aromatic rings. The smallest absolute Gasteiger partial charge is 0.220 e. The van der Waals surface area contributed by atoms with Gasteiger partial charge in [0.2, 0.25) is 5.91 Å². The van der Waals surface area contributed by atoms with Gasteiger partial charge in [0.1, 0.15) is 0 Å². The van der Waals surface area contributed by atoms with E-state index in [4.69, 9.17) is 4.42 Å². The second-order valence-corrected chi connectivity index (χ2v) is 8.66. The molecule has 0 saturated carbocycles. The van der Waals surface area contributed by atoms with Crippen LogP contribution in [0.2, 0.25) is 0 Å². The van der Waals surface area contributed by atoms with Crippen LogP contribution in [-0.2, 0) is 17.9 Å². The third-order valence-corrected chi connectivity index (χ3v) is 6.36. The molecule has 4 rings (SSSR count). The van der Waals surface area contributed by atoms with E-state index in [0.717, 1.165) is 52.1 Å². The zero-order valence-electron chi connectivity index (χ0n) is 17.3. The highest BCUT2D eigenvalue weighted by Crippen LogP contribution is 2.23. The Hall–Kier alpha value is -2.11. The van der Waals surface area contributed by atoms with E-state index in [-0.39, 0.29) is 5.91 Å². The van der Waals surface area contributed by atoms with Crippen LogP contribution < -0.4 is 5.32 Å². The molecule has 0 spiro atoms. The molecule has 0 bridgehead atoms. The molecule has 2 aliphatic rings. The molecule has 1 atom stereocenters. The van der Waals surface area contributed by atoms with Gasteiger partial charge in [-0.05, 0) is 56.3 Å². The molecule has 29 heavy (non-hydrogen) atoms. The number of carbonyl (C=O) groups is 1. The molecule has 3 heterocycles. The molecule has 5 nitrogen and oxygen atoms in total. The maximum absolute atomic E-state index is 12.4. The highest BCUT2D eigenvalue weighted by Gasteiger charge is 2.25. The zero-order valence-corrected chi connectivity index (χ0v) is 17.3. The Labute approximate surface area is 174 Å². The van der Waals surface area contributed by atoms with Gasteiger partial charge in [0.15, 0.2) is 0 Å². The zero-order chi connectivity index (χ0) is 19.9. The number of rotatable bonds is 8. The first-order valence-corrected chi connectivity index (χ1v) is 11.0. The topological polar surface area (TPSA) is 48.7 Å². The van der Waals surface area contributed by atoms with Gasteiger partial charge in [-0.2, -0.15) is 0 Å². The summed E-state index contributed by atoms with van der Waals surface area (Å²) in [5.41, 5.74) is 2.60. The average molecular weight is 396 g/mol. The number of hydrogen-bond acceptors (Lipinski definition) is 4. The Morgan fingerprint density at radius 3 is 2.48 bits per heavy atom. The molecule has 1 aromatic carbocycles. The fourth-order valence-electron chi connectivity index (χ4n) is 4.64. The summed E-state index contributed by atoms with van der Waals surface area (Å²) in [6, 6.07) is 12.9. The van der Waals surface area contributed by atoms with Crippen molar-refractivity contribution in [2.45, 2.75) is 51.2 Å². The summed E-state index contributed by atoms with van der Waals surface area (Å²) in [6.45, 7) is 6.22. The third kappa shape index (κ3) is 6.18. The van der Waals surface area contributed by atoms with Crippen molar-refractivity contribution in [1.82, 2.24) is 15.1 Å². The lowest BCUT2D eigenvalue weighted by Gasteiger charge is -2.31. The Balaban J connectivity index is 1.10. The van der Waals surface area contributed by atoms with Crippen LogP contribution >= 0.6 is 0 Å². The third-order valence-electron chi connectivity index (χ3n) is 6.36. The summed E-state index contributed by atoms with van der Waals surface area (Å²) in [6.07, 6.45) is 8.71. The minimum atomic E-state index is 0.234. The minimum absolute atomic E-state index is 0.234. The van der Waals surface area contributed by atoms with Gasteiger partial charge >= 0.3 is 0 Å². The van der Waals surface area contributed by atoms with Crippen LogP contribution in [0.1, 0.15) is 43.2 Å². The first kappa shape index (κ1) is 20.2. The summed E-state index contributed by atoms with van der Waals surface area (Å²) in [5, 5.41) is 3.27. The van der Waals surface area contributed by atoms with Crippen molar-refractivity contribution in [2.24, 2.45) is 5.92 Å². The van der Waals surface area contributed by atoms with Crippen molar-refractivity contribution < 1.29 is 9.21 Å². The van der Waals surface area contributed by atoms with Gasteiger partial charge in [-0.25, -0.2) is 0 Å². The Bertz CT molecular complexity index is 739. The lowest BCUT2D eigenvalue weighted by atomic mass is 9.92. The average Bonchev–Trinajstić information content (AvgIpc) is 3.40. The number of piperidine rings is 1. The molecular formula is C24H33N3O2. The van der Waals surface area contributed by atoms with Gasteiger partial charge in [0, 0.05) is 44.2 Å². The lowest BCUT2D eigenvalue weighted by Crippen LogP contribution is -2.37. The van der Waals surface area contributed by atoms with Crippen LogP contribution in [0.3, 0.4) is 0 Å². The van der Waals surface area contributed by atoms with E-state index < -0.39 is 0 Å². The van der Waals surface area contributed by atoms with Gasteiger partial charge in [-0.3, -0.25) is 14.6 Å². The maximum atomic E-state index is 12.4. The maximum Gasteiger partial charge on any atom is 0.220 e. The predicted octanol–water partition coefficient (Wildman–Crippen LogP) is 3.66. The highest BCUT2D eigenvalue weighted by molar-refractivity contribution is 5.76. The van der Waals surface area contributed by atoms with Crippen LogP contribution in [0.5, 0.6) is 0 Å². The van der Waals surface area contributed by atoms with E-state index in [9.17, 15) is 4.79 Å². The monoisotopic (exact) mass is 395 g/mol. The molecule has 156 valence electrons. The molecule has 2 aliphatic heterocycles. The molecule has 2 saturated heterocycles. The van der Waals surface area contributed by atoms with Crippen LogP contribution in [0.15, 0.2) is 53.3 Å². The quantitative estimate of drug-likeness (QED) is 0.741. The van der Waals surface area contributed by atoms with Gasteiger partial charge < -0.3 is 9.73 Å². The Morgan fingerprint density at radius 1 is 0.966 bits per heavy atom. The number of amides is 1. The summed E-state index contributed by atoms with van der Waals surface area (Å²) in [5.74, 6) is 0.914.